The molecule has 1 saturated carbocycles. The number of ether oxygens (including phenoxy) is 2. The van der Waals surface area contributed by atoms with Crippen molar-refractivity contribution in [3.05, 3.63) is 82.6 Å². The Morgan fingerprint density at radius 1 is 1.21 bits per heavy atom. The molecule has 3 heterocycles. The minimum Gasteiger partial charge on any atom is -0.487 e. The lowest BCUT2D eigenvalue weighted by Crippen LogP contribution is -2.28. The van der Waals surface area contributed by atoms with Crippen molar-refractivity contribution in [3.8, 4) is 17.2 Å². The predicted molar refractivity (Wildman–Crippen MR) is 132 cm³/mol. The Morgan fingerprint density at radius 2 is 2.05 bits per heavy atom. The van der Waals surface area contributed by atoms with Crippen molar-refractivity contribution in [2.45, 2.75) is 44.0 Å². The summed E-state index contributed by atoms with van der Waals surface area (Å²) < 4.78 is 51.0. The molecule has 1 aliphatic carbocycles. The molecule has 0 saturated heterocycles. The average molecular weight is 521 g/mol. The second-order valence-electron chi connectivity index (χ2n) is 9.54. The van der Waals surface area contributed by atoms with Gasteiger partial charge in [-0.25, -0.2) is 4.98 Å². The third-order valence-corrected chi connectivity index (χ3v) is 6.89. The minimum absolute atomic E-state index is 0.0520. The lowest BCUT2D eigenvalue weighted by atomic mass is 10.0. The number of fused-ring (bicyclic) bond motifs is 4. The number of pyridine rings is 1. The number of benzene rings is 2. The van der Waals surface area contributed by atoms with E-state index >= 15 is 0 Å². The minimum atomic E-state index is -4.45. The average Bonchev–Trinajstić information content (AvgIpc) is 3.38. The number of aromatic nitrogens is 1. The van der Waals surface area contributed by atoms with E-state index in [1.165, 1.54) is 24.3 Å². The molecule has 0 spiro atoms. The molecule has 0 unspecified atom stereocenters. The summed E-state index contributed by atoms with van der Waals surface area (Å²) in [6.45, 7) is 1.92. The molecule has 194 valence electrons. The number of alkyl halides is 3. The zero-order valence-corrected chi connectivity index (χ0v) is 20.1. The fourth-order valence-electron chi connectivity index (χ4n) is 5.03. The van der Waals surface area contributed by atoms with Crippen LogP contribution < -0.4 is 20.1 Å². The Bertz CT molecular complexity index is 1500. The smallest absolute Gasteiger partial charge is 0.416 e. The normalized spacial score (nSPS) is 21.2. The molecule has 7 nitrogen and oxygen atoms in total. The number of amides is 2. The summed E-state index contributed by atoms with van der Waals surface area (Å²) in [5, 5.41) is 5.64. The van der Waals surface area contributed by atoms with E-state index in [-0.39, 0.29) is 29.5 Å². The van der Waals surface area contributed by atoms with E-state index in [9.17, 15) is 22.8 Å². The van der Waals surface area contributed by atoms with E-state index in [4.69, 9.17) is 9.47 Å². The van der Waals surface area contributed by atoms with Gasteiger partial charge >= 0.3 is 6.18 Å². The van der Waals surface area contributed by atoms with Crippen LogP contribution in [0.4, 0.5) is 19.0 Å². The Kier molecular flexibility index (Phi) is 5.62. The quantitative estimate of drug-likeness (QED) is 0.454. The zero-order valence-electron chi connectivity index (χ0n) is 20.1. The fourth-order valence-corrected chi connectivity index (χ4v) is 5.03. The van der Waals surface area contributed by atoms with Gasteiger partial charge in [0.1, 0.15) is 29.2 Å². The van der Waals surface area contributed by atoms with Gasteiger partial charge in [-0.05, 0) is 60.9 Å². The van der Waals surface area contributed by atoms with E-state index in [1.54, 1.807) is 12.3 Å². The number of nitrogens with one attached hydrogen (secondary N) is 2. The number of anilines is 1. The number of hydrogen-bond acceptors (Lipinski definition) is 5. The SMILES string of the molecule is Cc1cc(Oc2ccnc3c2CCC(=O)N3)cc2c1O[C@@H]1[C@@H](NC(=O)/C=C/c3cccc(C(F)(F)F)c3)[C@H]21. The molecule has 0 bridgehead atoms. The van der Waals surface area contributed by atoms with E-state index in [2.05, 4.69) is 15.6 Å². The molecule has 10 heteroatoms. The van der Waals surface area contributed by atoms with Gasteiger partial charge in [0, 0.05) is 29.8 Å². The standard InChI is InChI=1S/C28H22F3N3O4/c1-14-11-17(37-20-9-10-32-27-18(20)6-8-22(36)34-27)13-19-23-24(26(23)38-25(14)19)33-21(35)7-5-15-3-2-4-16(12-15)28(29,30)31/h2-5,7,9-13,23-24,26H,6,8H2,1H3,(H,33,35)(H,32,34,36)/b7-5+/t23-,24-,26-/m0/s1. The number of nitrogens with zero attached hydrogens (tertiary/aromatic N) is 1. The number of rotatable bonds is 5. The first-order chi connectivity index (χ1) is 18.2. The number of aryl methyl sites for hydroxylation is 1. The van der Waals surface area contributed by atoms with Crippen molar-refractivity contribution in [2.75, 3.05) is 5.32 Å². The van der Waals surface area contributed by atoms with E-state index < -0.39 is 17.6 Å². The number of carbonyl (C=O) groups is 2. The van der Waals surface area contributed by atoms with Crippen molar-refractivity contribution in [1.82, 2.24) is 10.3 Å². The van der Waals surface area contributed by atoms with Crippen LogP contribution in [0.25, 0.3) is 6.08 Å². The van der Waals surface area contributed by atoms with Crippen LogP contribution in [0, 0.1) is 6.92 Å². The van der Waals surface area contributed by atoms with Crippen molar-refractivity contribution >= 4 is 23.7 Å². The zero-order chi connectivity index (χ0) is 26.6. The summed E-state index contributed by atoms with van der Waals surface area (Å²) in [5.74, 6) is 1.95. The first-order valence-electron chi connectivity index (χ1n) is 12.1. The molecule has 2 amide bonds. The predicted octanol–water partition coefficient (Wildman–Crippen LogP) is 5.14. The van der Waals surface area contributed by atoms with Gasteiger partial charge in [0.05, 0.1) is 17.5 Å². The van der Waals surface area contributed by atoms with Gasteiger partial charge < -0.3 is 20.1 Å². The van der Waals surface area contributed by atoms with Crippen LogP contribution >= 0.6 is 0 Å². The third kappa shape index (κ3) is 4.46. The molecular weight excluding hydrogens is 499 g/mol. The van der Waals surface area contributed by atoms with Crippen molar-refractivity contribution < 1.29 is 32.2 Å². The molecule has 6 rings (SSSR count). The highest BCUT2D eigenvalue weighted by atomic mass is 19.4. The van der Waals surface area contributed by atoms with Crippen LogP contribution in [-0.4, -0.2) is 28.9 Å². The van der Waals surface area contributed by atoms with Crippen LogP contribution in [0.2, 0.25) is 0 Å². The van der Waals surface area contributed by atoms with E-state index in [0.717, 1.165) is 34.6 Å². The number of hydrogen-bond donors (Lipinski definition) is 2. The first-order valence-corrected chi connectivity index (χ1v) is 12.1. The van der Waals surface area contributed by atoms with Crippen molar-refractivity contribution in [3.63, 3.8) is 0 Å². The molecule has 3 aliphatic rings. The molecule has 38 heavy (non-hydrogen) atoms. The lowest BCUT2D eigenvalue weighted by Gasteiger charge is -2.19. The highest BCUT2D eigenvalue weighted by molar-refractivity contribution is 5.93. The van der Waals surface area contributed by atoms with Crippen LogP contribution in [0.5, 0.6) is 17.2 Å². The molecule has 2 N–H and O–H groups in total. The Hall–Kier alpha value is -4.34. The molecular formula is C28H22F3N3O4. The monoisotopic (exact) mass is 521 g/mol. The van der Waals surface area contributed by atoms with Crippen molar-refractivity contribution in [1.29, 1.82) is 0 Å². The summed E-state index contributed by atoms with van der Waals surface area (Å²) >= 11 is 0. The summed E-state index contributed by atoms with van der Waals surface area (Å²) in [4.78, 5) is 28.4. The van der Waals surface area contributed by atoms with Crippen LogP contribution in [0.1, 0.15) is 40.2 Å². The number of halogens is 3. The van der Waals surface area contributed by atoms with Gasteiger partial charge in [-0.3, -0.25) is 9.59 Å². The highest BCUT2D eigenvalue weighted by Gasteiger charge is 2.60. The second-order valence-corrected chi connectivity index (χ2v) is 9.54. The summed E-state index contributed by atoms with van der Waals surface area (Å²) in [6, 6.07) is 10.1. The van der Waals surface area contributed by atoms with Gasteiger partial charge in [0.2, 0.25) is 11.8 Å². The maximum Gasteiger partial charge on any atom is 0.416 e. The Balaban J connectivity index is 1.15. The third-order valence-electron chi connectivity index (χ3n) is 6.89. The van der Waals surface area contributed by atoms with Crippen LogP contribution in [0.15, 0.2) is 54.7 Å². The highest BCUT2D eigenvalue weighted by Crippen LogP contribution is 2.56. The van der Waals surface area contributed by atoms with E-state index in [0.29, 0.717) is 30.2 Å². The lowest BCUT2D eigenvalue weighted by molar-refractivity contribution is -0.137. The molecule has 1 fully saturated rings. The maximum atomic E-state index is 12.9. The van der Waals surface area contributed by atoms with Crippen LogP contribution in [-0.2, 0) is 22.2 Å². The Labute approximate surface area is 215 Å². The molecule has 0 radical (unpaired) electrons. The molecule has 3 aromatic rings. The number of carbonyl (C=O) groups excluding carboxylic acids is 2. The Morgan fingerprint density at radius 3 is 2.87 bits per heavy atom. The molecule has 1 aromatic heterocycles. The van der Waals surface area contributed by atoms with Gasteiger partial charge in [-0.2, -0.15) is 13.2 Å². The van der Waals surface area contributed by atoms with Gasteiger partial charge in [-0.15, -0.1) is 0 Å². The first kappa shape index (κ1) is 24.0. The maximum absolute atomic E-state index is 12.9. The van der Waals surface area contributed by atoms with Gasteiger partial charge in [0.25, 0.3) is 0 Å². The second kappa shape index (κ2) is 8.90. The van der Waals surface area contributed by atoms with Gasteiger partial charge in [0.15, 0.2) is 0 Å². The summed E-state index contributed by atoms with van der Waals surface area (Å²) in [7, 11) is 0. The largest absolute Gasteiger partial charge is 0.487 e. The molecule has 2 aliphatic heterocycles. The molecule has 3 atom stereocenters. The van der Waals surface area contributed by atoms with Crippen LogP contribution in [0.3, 0.4) is 0 Å². The summed E-state index contributed by atoms with van der Waals surface area (Å²) in [5.41, 5.74) is 2.17. The van der Waals surface area contributed by atoms with Crippen molar-refractivity contribution in [2.24, 2.45) is 0 Å². The molecule has 2 aromatic carbocycles. The fraction of sp³-hybridized carbons (Fsp3) is 0.250. The van der Waals surface area contributed by atoms with Gasteiger partial charge in [-0.1, -0.05) is 12.1 Å². The topological polar surface area (TPSA) is 89.6 Å². The van der Waals surface area contributed by atoms with E-state index in [1.807, 2.05) is 19.1 Å². The summed E-state index contributed by atoms with van der Waals surface area (Å²) in [6.07, 6.45) is 0.387.